The summed E-state index contributed by atoms with van der Waals surface area (Å²) in [5.41, 5.74) is 0. The van der Waals surface area contributed by atoms with Crippen molar-refractivity contribution < 1.29 is 0 Å². The van der Waals surface area contributed by atoms with E-state index in [4.69, 9.17) is 0 Å². The zero-order valence-electron chi connectivity index (χ0n) is 2.96. The van der Waals surface area contributed by atoms with Gasteiger partial charge in [-0.15, -0.1) is 4.40 Å². The van der Waals surface area contributed by atoms with Gasteiger partial charge in [0.05, 0.1) is 0 Å². The molecule has 0 N–H and O–H groups in total. The molecule has 0 fully saturated rings. The van der Waals surface area contributed by atoms with Gasteiger partial charge in [0.1, 0.15) is 6.01 Å². The van der Waals surface area contributed by atoms with Crippen LogP contribution in [0.25, 0.3) is 0 Å². The molecule has 1 heterocycles. The lowest BCUT2D eigenvalue weighted by Gasteiger charge is -1.76. The molecule has 1 aliphatic heterocycles. The van der Waals surface area contributed by atoms with E-state index in [2.05, 4.69) is 15.4 Å². The van der Waals surface area contributed by atoms with Gasteiger partial charge in [-0.2, -0.15) is 4.99 Å². The summed E-state index contributed by atoms with van der Waals surface area (Å²) in [7, 11) is 0. The van der Waals surface area contributed by atoms with E-state index in [1.54, 1.807) is 11.6 Å². The summed E-state index contributed by atoms with van der Waals surface area (Å²) in [4.78, 5) is 3.56. The predicted octanol–water partition coefficient (Wildman–Crippen LogP) is 1.29. The van der Waals surface area contributed by atoms with Crippen LogP contribution in [-0.2, 0) is 0 Å². The van der Waals surface area contributed by atoms with E-state index < -0.39 is 0 Å². The lowest BCUT2D eigenvalue weighted by molar-refractivity contribution is 1.60. The van der Waals surface area contributed by atoms with Crippen molar-refractivity contribution in [3.8, 4) is 0 Å². The Morgan fingerprint density at radius 2 is 2.67 bits per heavy atom. The van der Waals surface area contributed by atoms with Gasteiger partial charge in [-0.1, -0.05) is 0 Å². The molecule has 0 aromatic carbocycles. The molecule has 2 nitrogen and oxygen atoms in total. The van der Waals surface area contributed by atoms with Gasteiger partial charge in [-0.05, 0) is 0 Å². The average Bonchev–Trinajstić information content (AvgIpc) is 1.72. The molecular formula is C3H2N2S. The highest BCUT2D eigenvalue weighted by atomic mass is 32.2. The Kier molecular flexibility index (Phi) is 1.10. The highest BCUT2D eigenvalue weighted by Gasteiger charge is 1.71. The van der Waals surface area contributed by atoms with Crippen molar-refractivity contribution in [2.24, 2.45) is 9.39 Å². The van der Waals surface area contributed by atoms with Gasteiger partial charge in [0, 0.05) is 23.6 Å². The van der Waals surface area contributed by atoms with Crippen LogP contribution in [0, 0.1) is 0 Å². The first-order valence-electron chi connectivity index (χ1n) is 1.46. The standard InChI is InChI=1S/C3H2N2S/c1-2-6-5-3-4-1/h1-2H. The van der Waals surface area contributed by atoms with Crippen LogP contribution in [0.1, 0.15) is 0 Å². The minimum atomic E-state index is 1.33. The molecule has 0 unspecified atom stereocenters. The normalized spacial score (nSPS) is 16.0. The van der Waals surface area contributed by atoms with Crippen molar-refractivity contribution >= 4 is 18.0 Å². The third-order valence-electron chi connectivity index (χ3n) is 0.348. The van der Waals surface area contributed by atoms with Crippen LogP contribution in [0.5, 0.6) is 0 Å². The van der Waals surface area contributed by atoms with E-state index in [0.29, 0.717) is 0 Å². The molecule has 3 heteroatoms. The number of hydrogen-bond acceptors (Lipinski definition) is 3. The smallest absolute Gasteiger partial charge is 0.107 e. The molecule has 0 bridgehead atoms. The average molecular weight is 98.1 g/mol. The third kappa shape index (κ3) is 0.708. The maximum absolute atomic E-state index is 3.59. The summed E-state index contributed by atoms with van der Waals surface area (Å²) in [5, 5.41) is 1.79. The predicted molar refractivity (Wildman–Crippen MR) is 26.6 cm³/mol. The number of rotatable bonds is 0. The Morgan fingerprint density at radius 1 is 1.67 bits per heavy atom. The second-order valence-electron chi connectivity index (χ2n) is 0.711. The van der Waals surface area contributed by atoms with Crippen LogP contribution in [0.3, 0.4) is 0 Å². The van der Waals surface area contributed by atoms with Gasteiger partial charge in [0.2, 0.25) is 0 Å². The fourth-order valence-electron chi connectivity index (χ4n) is 0.169. The van der Waals surface area contributed by atoms with Crippen molar-refractivity contribution in [2.45, 2.75) is 0 Å². The Balaban J connectivity index is 2.78. The lowest BCUT2D eigenvalue weighted by atomic mass is 11.0. The quantitative estimate of drug-likeness (QED) is 0.419. The molecule has 1 aliphatic rings. The number of hydrogen-bond donors (Lipinski definition) is 0. The molecule has 0 saturated carbocycles. The van der Waals surface area contributed by atoms with Gasteiger partial charge < -0.3 is 0 Å². The van der Waals surface area contributed by atoms with Gasteiger partial charge in [0.15, 0.2) is 0 Å². The van der Waals surface area contributed by atoms with Crippen molar-refractivity contribution in [3.63, 3.8) is 0 Å². The molecule has 0 aromatic rings. The van der Waals surface area contributed by atoms with E-state index in [-0.39, 0.29) is 0 Å². The first kappa shape index (κ1) is 3.65. The maximum atomic E-state index is 3.59. The summed E-state index contributed by atoms with van der Waals surface area (Å²) in [6.45, 7) is 0. The molecule has 1 rings (SSSR count). The Morgan fingerprint density at radius 3 is 2.83 bits per heavy atom. The van der Waals surface area contributed by atoms with Crippen molar-refractivity contribution in [1.29, 1.82) is 0 Å². The second-order valence-corrected chi connectivity index (χ2v) is 1.38. The largest absolute Gasteiger partial charge is 0.194 e. The molecule has 0 atom stereocenters. The third-order valence-corrected chi connectivity index (χ3v) is 0.778. The topological polar surface area (TPSA) is 24.7 Å². The number of aliphatic imine (C=N–C) groups is 1. The summed E-state index contributed by atoms with van der Waals surface area (Å²) in [5.74, 6) is 0. The molecular weight excluding hydrogens is 96.1 g/mol. The molecule has 0 aliphatic carbocycles. The SMILES string of the molecule is C1=NC=CSN=1. The minimum Gasteiger partial charge on any atom is -0.194 e. The number of nitrogens with zero attached hydrogens (tertiary/aromatic N) is 2. The highest BCUT2D eigenvalue weighted by molar-refractivity contribution is 8.01. The van der Waals surface area contributed by atoms with Gasteiger partial charge in [-0.25, -0.2) is 0 Å². The molecule has 0 radical (unpaired) electrons. The fraction of sp³-hybridized carbons (Fsp3) is 0. The molecule has 0 aromatic heterocycles. The van der Waals surface area contributed by atoms with Gasteiger partial charge in [0.25, 0.3) is 0 Å². The van der Waals surface area contributed by atoms with E-state index in [1.807, 2.05) is 0 Å². The lowest BCUT2D eigenvalue weighted by Crippen LogP contribution is -1.54. The fourth-order valence-corrected chi connectivity index (χ4v) is 0.439. The Hall–Kier alpha value is -0.530. The van der Waals surface area contributed by atoms with Gasteiger partial charge >= 0.3 is 0 Å². The zero-order chi connectivity index (χ0) is 4.24. The van der Waals surface area contributed by atoms with E-state index in [0.717, 1.165) is 0 Å². The summed E-state index contributed by atoms with van der Waals surface area (Å²) in [6, 6.07) is 2.41. The molecule has 0 spiro atoms. The molecule has 30 valence electrons. The monoisotopic (exact) mass is 98.0 g/mol. The van der Waals surface area contributed by atoms with E-state index in [1.165, 1.54) is 11.9 Å². The molecule has 0 amide bonds. The summed E-state index contributed by atoms with van der Waals surface area (Å²) in [6.07, 6.45) is 1.65. The highest BCUT2D eigenvalue weighted by Crippen LogP contribution is 2.03. The molecule has 6 heavy (non-hydrogen) atoms. The van der Waals surface area contributed by atoms with E-state index >= 15 is 0 Å². The van der Waals surface area contributed by atoms with Crippen LogP contribution in [0.15, 0.2) is 21.0 Å². The van der Waals surface area contributed by atoms with Crippen molar-refractivity contribution in [3.05, 3.63) is 11.6 Å². The van der Waals surface area contributed by atoms with Crippen molar-refractivity contribution in [1.82, 2.24) is 0 Å². The second kappa shape index (κ2) is 1.80. The Labute approximate surface area is 39.8 Å². The van der Waals surface area contributed by atoms with Crippen molar-refractivity contribution in [2.75, 3.05) is 0 Å². The summed E-state index contributed by atoms with van der Waals surface area (Å²) >= 11 is 1.33. The minimum absolute atomic E-state index is 1.33. The van der Waals surface area contributed by atoms with Crippen LogP contribution in [-0.4, -0.2) is 6.01 Å². The Bertz CT molecular complexity index is 121. The van der Waals surface area contributed by atoms with E-state index in [9.17, 15) is 0 Å². The zero-order valence-corrected chi connectivity index (χ0v) is 3.77. The first-order chi connectivity index (χ1) is 3.00. The first-order valence-corrected chi connectivity index (χ1v) is 2.29. The van der Waals surface area contributed by atoms with Crippen LogP contribution < -0.4 is 0 Å². The molecule has 0 saturated heterocycles. The van der Waals surface area contributed by atoms with Crippen LogP contribution in [0.2, 0.25) is 0 Å². The maximum Gasteiger partial charge on any atom is 0.107 e. The summed E-state index contributed by atoms with van der Waals surface area (Å²) < 4.78 is 3.59. The van der Waals surface area contributed by atoms with Crippen LogP contribution >= 0.6 is 11.9 Å². The van der Waals surface area contributed by atoms with Crippen LogP contribution in [0.4, 0.5) is 0 Å². The van der Waals surface area contributed by atoms with Gasteiger partial charge in [-0.3, -0.25) is 0 Å².